The summed E-state index contributed by atoms with van der Waals surface area (Å²) in [6.45, 7) is 4.67. The van der Waals surface area contributed by atoms with Gasteiger partial charge in [-0.1, -0.05) is 0 Å². The van der Waals surface area contributed by atoms with Crippen LogP contribution in [-0.4, -0.2) is 46.7 Å². The molecule has 1 aliphatic rings. The Balaban J connectivity index is 0.00000144. The highest BCUT2D eigenvalue weighted by atomic mass is 35.5. The van der Waals surface area contributed by atoms with Gasteiger partial charge < -0.3 is 15.3 Å². The number of hydrogen-bond acceptors (Lipinski definition) is 5. The average molecular weight is 259 g/mol. The Morgan fingerprint density at radius 1 is 1.53 bits per heavy atom. The van der Waals surface area contributed by atoms with Crippen LogP contribution in [0.4, 0.5) is 5.95 Å². The first-order valence-electron chi connectivity index (χ1n) is 5.20. The van der Waals surface area contributed by atoms with Crippen LogP contribution in [0.25, 0.3) is 0 Å². The normalized spacial score (nSPS) is 19.6. The van der Waals surface area contributed by atoms with Crippen LogP contribution in [0.5, 0.6) is 0 Å². The Kier molecular flexibility index (Phi) is 4.65. The molecule has 6 nitrogen and oxygen atoms in total. The van der Waals surface area contributed by atoms with Crippen molar-refractivity contribution in [3.05, 3.63) is 18.0 Å². The molecule has 0 amide bonds. The van der Waals surface area contributed by atoms with Gasteiger partial charge in [-0.15, -0.1) is 12.4 Å². The van der Waals surface area contributed by atoms with Gasteiger partial charge in [-0.25, -0.2) is 14.8 Å². The smallest absolute Gasteiger partial charge is 0.338 e. The van der Waals surface area contributed by atoms with Gasteiger partial charge in [0, 0.05) is 38.1 Å². The van der Waals surface area contributed by atoms with Crippen molar-refractivity contribution in [3.8, 4) is 0 Å². The molecule has 94 valence electrons. The second kappa shape index (κ2) is 5.79. The third kappa shape index (κ3) is 3.28. The number of piperazine rings is 1. The number of carbonyl (C=O) groups is 1. The van der Waals surface area contributed by atoms with Crippen LogP contribution in [0.3, 0.4) is 0 Å². The van der Waals surface area contributed by atoms with Crippen LogP contribution >= 0.6 is 12.4 Å². The minimum Gasteiger partial charge on any atom is -0.478 e. The summed E-state index contributed by atoms with van der Waals surface area (Å²) in [4.78, 5) is 20.8. The SMILES string of the molecule is CC1CN(c2ncc(C(=O)O)cn2)CCN1.Cl. The first kappa shape index (κ1) is 13.7. The molecule has 1 aromatic heterocycles. The van der Waals surface area contributed by atoms with Crippen molar-refractivity contribution in [1.82, 2.24) is 15.3 Å². The number of aromatic carboxylic acids is 1. The topological polar surface area (TPSA) is 78.4 Å². The summed E-state index contributed by atoms with van der Waals surface area (Å²) in [5, 5.41) is 12.0. The third-order valence-electron chi connectivity index (χ3n) is 2.54. The lowest BCUT2D eigenvalue weighted by Crippen LogP contribution is -2.49. The highest BCUT2D eigenvalue weighted by Crippen LogP contribution is 2.09. The minimum absolute atomic E-state index is 0. The van der Waals surface area contributed by atoms with Crippen molar-refractivity contribution in [1.29, 1.82) is 0 Å². The van der Waals surface area contributed by atoms with E-state index in [2.05, 4.69) is 22.2 Å². The fraction of sp³-hybridized carbons (Fsp3) is 0.500. The van der Waals surface area contributed by atoms with Gasteiger partial charge in [0.25, 0.3) is 0 Å². The van der Waals surface area contributed by atoms with E-state index in [4.69, 9.17) is 5.11 Å². The van der Waals surface area contributed by atoms with Crippen molar-refractivity contribution < 1.29 is 9.90 Å². The molecule has 7 heteroatoms. The average Bonchev–Trinajstić information content (AvgIpc) is 2.29. The molecule has 1 aliphatic heterocycles. The number of nitrogens with one attached hydrogen (secondary N) is 1. The Hall–Kier alpha value is -1.40. The lowest BCUT2D eigenvalue weighted by molar-refractivity contribution is 0.0696. The fourth-order valence-electron chi connectivity index (χ4n) is 1.71. The van der Waals surface area contributed by atoms with Gasteiger partial charge >= 0.3 is 5.97 Å². The van der Waals surface area contributed by atoms with E-state index in [9.17, 15) is 4.79 Å². The number of halogens is 1. The fourth-order valence-corrected chi connectivity index (χ4v) is 1.71. The van der Waals surface area contributed by atoms with Crippen LogP contribution in [0.1, 0.15) is 17.3 Å². The summed E-state index contributed by atoms with van der Waals surface area (Å²) in [7, 11) is 0. The summed E-state index contributed by atoms with van der Waals surface area (Å²) >= 11 is 0. The summed E-state index contributed by atoms with van der Waals surface area (Å²) < 4.78 is 0. The summed E-state index contributed by atoms with van der Waals surface area (Å²) in [6.07, 6.45) is 2.69. The molecule has 2 N–H and O–H groups in total. The molecule has 0 saturated carbocycles. The molecular formula is C10H15ClN4O2. The monoisotopic (exact) mass is 258 g/mol. The van der Waals surface area contributed by atoms with Gasteiger partial charge in [0.1, 0.15) is 0 Å². The number of carboxylic acid groups (broad SMARTS) is 1. The molecule has 0 aromatic carbocycles. The van der Waals surface area contributed by atoms with Crippen molar-refractivity contribution in [2.75, 3.05) is 24.5 Å². The molecule has 17 heavy (non-hydrogen) atoms. The zero-order chi connectivity index (χ0) is 11.5. The van der Waals surface area contributed by atoms with Gasteiger partial charge in [0.15, 0.2) is 0 Å². The molecule has 2 rings (SSSR count). The predicted molar refractivity (Wildman–Crippen MR) is 65.9 cm³/mol. The molecular weight excluding hydrogens is 244 g/mol. The first-order valence-corrected chi connectivity index (χ1v) is 5.20. The Labute approximate surface area is 105 Å². The molecule has 1 saturated heterocycles. The van der Waals surface area contributed by atoms with Crippen LogP contribution in [-0.2, 0) is 0 Å². The quantitative estimate of drug-likeness (QED) is 0.799. The number of hydrogen-bond donors (Lipinski definition) is 2. The molecule has 1 aromatic rings. The highest BCUT2D eigenvalue weighted by Gasteiger charge is 2.18. The predicted octanol–water partition coefficient (Wildman–Crippen LogP) is 0.395. The van der Waals surface area contributed by atoms with Gasteiger partial charge in [0.2, 0.25) is 5.95 Å². The van der Waals surface area contributed by atoms with E-state index >= 15 is 0 Å². The Bertz CT molecular complexity index is 384. The van der Waals surface area contributed by atoms with Crippen molar-refractivity contribution >= 4 is 24.3 Å². The van der Waals surface area contributed by atoms with Crippen molar-refractivity contribution in [2.24, 2.45) is 0 Å². The summed E-state index contributed by atoms with van der Waals surface area (Å²) in [5.74, 6) is -0.404. The van der Waals surface area contributed by atoms with E-state index in [-0.39, 0.29) is 18.0 Å². The zero-order valence-electron chi connectivity index (χ0n) is 9.46. The lowest BCUT2D eigenvalue weighted by Gasteiger charge is -2.31. The number of aromatic nitrogens is 2. The number of nitrogens with zero attached hydrogens (tertiary/aromatic N) is 3. The number of rotatable bonds is 2. The molecule has 2 heterocycles. The molecule has 0 spiro atoms. The molecule has 0 bridgehead atoms. The molecule has 1 atom stereocenters. The van der Waals surface area contributed by atoms with Gasteiger partial charge in [-0.2, -0.15) is 0 Å². The molecule has 0 radical (unpaired) electrons. The second-order valence-corrected chi connectivity index (χ2v) is 3.88. The summed E-state index contributed by atoms with van der Waals surface area (Å²) in [5.41, 5.74) is 0.118. The molecule has 0 aliphatic carbocycles. The number of carboxylic acids is 1. The largest absolute Gasteiger partial charge is 0.478 e. The van der Waals surface area contributed by atoms with Crippen molar-refractivity contribution in [3.63, 3.8) is 0 Å². The maximum Gasteiger partial charge on any atom is 0.338 e. The first-order chi connectivity index (χ1) is 7.66. The number of anilines is 1. The van der Waals surface area contributed by atoms with Gasteiger partial charge in [-0.3, -0.25) is 0 Å². The van der Waals surface area contributed by atoms with E-state index in [1.807, 2.05) is 4.90 Å². The van der Waals surface area contributed by atoms with Gasteiger partial charge in [-0.05, 0) is 6.92 Å². The van der Waals surface area contributed by atoms with Crippen LogP contribution in [0.15, 0.2) is 12.4 Å². The van der Waals surface area contributed by atoms with Crippen LogP contribution in [0.2, 0.25) is 0 Å². The highest BCUT2D eigenvalue weighted by molar-refractivity contribution is 5.86. The standard InChI is InChI=1S/C10H14N4O2.ClH/c1-7-6-14(3-2-11-7)10-12-4-8(5-13-10)9(15)16;/h4-5,7,11H,2-3,6H2,1H3,(H,15,16);1H. The van der Waals surface area contributed by atoms with Crippen LogP contribution in [0, 0.1) is 0 Å². The Morgan fingerprint density at radius 3 is 2.71 bits per heavy atom. The van der Waals surface area contributed by atoms with Gasteiger partial charge in [0.05, 0.1) is 5.56 Å². The van der Waals surface area contributed by atoms with E-state index in [1.54, 1.807) is 0 Å². The third-order valence-corrected chi connectivity index (χ3v) is 2.54. The second-order valence-electron chi connectivity index (χ2n) is 3.88. The van der Waals surface area contributed by atoms with E-state index in [0.717, 1.165) is 19.6 Å². The van der Waals surface area contributed by atoms with Crippen molar-refractivity contribution in [2.45, 2.75) is 13.0 Å². The zero-order valence-corrected chi connectivity index (χ0v) is 10.3. The van der Waals surface area contributed by atoms with E-state index < -0.39 is 5.97 Å². The molecule has 1 fully saturated rings. The lowest BCUT2D eigenvalue weighted by atomic mass is 10.2. The molecule has 1 unspecified atom stereocenters. The maximum atomic E-state index is 10.6. The van der Waals surface area contributed by atoms with Crippen LogP contribution < -0.4 is 10.2 Å². The summed E-state index contributed by atoms with van der Waals surface area (Å²) in [6, 6.07) is 0.400. The minimum atomic E-state index is -1.000. The van der Waals surface area contributed by atoms with E-state index in [0.29, 0.717) is 12.0 Å². The maximum absolute atomic E-state index is 10.6. The van der Waals surface area contributed by atoms with E-state index in [1.165, 1.54) is 12.4 Å². The Morgan fingerprint density at radius 2 is 2.18 bits per heavy atom.